The van der Waals surface area contributed by atoms with E-state index >= 15 is 0 Å². The van der Waals surface area contributed by atoms with Crippen molar-refractivity contribution in [2.45, 2.75) is 17.7 Å². The lowest BCUT2D eigenvalue weighted by Gasteiger charge is -2.25. The zero-order valence-corrected chi connectivity index (χ0v) is 11.5. The zero-order valence-electron chi connectivity index (χ0n) is 9.10. The van der Waals surface area contributed by atoms with Crippen molar-refractivity contribution in [2.24, 2.45) is 0 Å². The van der Waals surface area contributed by atoms with Gasteiger partial charge in [-0.1, -0.05) is 4.47 Å². The summed E-state index contributed by atoms with van der Waals surface area (Å²) in [5.41, 5.74) is 6.02. The van der Waals surface area contributed by atoms with E-state index in [1.165, 1.54) is 6.07 Å². The highest BCUT2D eigenvalue weighted by Crippen LogP contribution is 2.28. The second-order valence-corrected chi connectivity index (χ2v) is 6.41. The Morgan fingerprint density at radius 3 is 2.76 bits per heavy atom. The molecule has 0 aliphatic carbocycles. The molecule has 2 rings (SSSR count). The number of benzene rings is 1. The Morgan fingerprint density at radius 2 is 2.12 bits per heavy atom. The normalized spacial score (nSPS) is 18.2. The maximum absolute atomic E-state index is 12.3. The van der Waals surface area contributed by atoms with Crippen molar-refractivity contribution < 1.29 is 13.3 Å². The number of nitrogen functional groups attached to an aromatic ring is 1. The van der Waals surface area contributed by atoms with E-state index < -0.39 is 10.0 Å². The molecular formula is C10H13BrN2O3S. The second kappa shape index (κ2) is 4.93. The number of hydrogen-bond donors (Lipinski definition) is 1. The minimum atomic E-state index is -3.63. The quantitative estimate of drug-likeness (QED) is 0.842. The zero-order chi connectivity index (χ0) is 12.5. The molecule has 5 nitrogen and oxygen atoms in total. The predicted octanol–water partition coefficient (Wildman–Crippen LogP) is 1.75. The molecule has 0 atom stereocenters. The first-order valence-electron chi connectivity index (χ1n) is 5.22. The van der Waals surface area contributed by atoms with Gasteiger partial charge in [-0.15, -0.1) is 0 Å². The summed E-state index contributed by atoms with van der Waals surface area (Å²) in [6.07, 6.45) is 1.68. The summed E-state index contributed by atoms with van der Waals surface area (Å²) in [7, 11) is -3.63. The van der Waals surface area contributed by atoms with Gasteiger partial charge in [-0.25, -0.2) is 8.42 Å². The molecule has 0 bridgehead atoms. The summed E-state index contributed by atoms with van der Waals surface area (Å²) in [6.45, 7) is 0.808. The molecule has 1 aliphatic heterocycles. The fraction of sp³-hybridized carbons (Fsp3) is 0.400. The summed E-state index contributed by atoms with van der Waals surface area (Å²) in [4.78, 5) is 5.31. The van der Waals surface area contributed by atoms with Crippen molar-refractivity contribution in [2.75, 3.05) is 18.9 Å². The van der Waals surface area contributed by atoms with Crippen LogP contribution in [-0.2, 0) is 14.9 Å². The van der Waals surface area contributed by atoms with Crippen LogP contribution >= 0.6 is 15.9 Å². The third kappa shape index (κ3) is 2.62. The third-order valence-corrected chi connectivity index (χ3v) is 5.14. The summed E-state index contributed by atoms with van der Waals surface area (Å²) in [6, 6.07) is 4.68. The lowest BCUT2D eigenvalue weighted by Crippen LogP contribution is -2.35. The first-order valence-corrected chi connectivity index (χ1v) is 7.46. The summed E-state index contributed by atoms with van der Waals surface area (Å²) >= 11 is 3.22. The molecule has 0 radical (unpaired) electrons. The monoisotopic (exact) mass is 320 g/mol. The minimum absolute atomic E-state index is 0.138. The minimum Gasteiger partial charge on any atom is -0.399 e. The van der Waals surface area contributed by atoms with E-state index in [4.69, 9.17) is 10.6 Å². The van der Waals surface area contributed by atoms with Crippen LogP contribution in [0.2, 0.25) is 0 Å². The molecular weight excluding hydrogens is 308 g/mol. The van der Waals surface area contributed by atoms with Crippen LogP contribution in [-0.4, -0.2) is 26.0 Å². The Kier molecular flexibility index (Phi) is 3.72. The smallest absolute Gasteiger partial charge is 0.266 e. The van der Waals surface area contributed by atoms with Gasteiger partial charge in [0.05, 0.1) is 6.61 Å². The summed E-state index contributed by atoms with van der Waals surface area (Å²) < 4.78 is 26.1. The Hall–Kier alpha value is -0.630. The van der Waals surface area contributed by atoms with Gasteiger partial charge in [-0.05, 0) is 47.0 Å². The van der Waals surface area contributed by atoms with Crippen molar-refractivity contribution in [3.05, 3.63) is 22.7 Å². The fourth-order valence-corrected chi connectivity index (χ4v) is 3.85. The fourth-order valence-electron chi connectivity index (χ4n) is 1.59. The van der Waals surface area contributed by atoms with Gasteiger partial charge in [-0.3, -0.25) is 4.84 Å². The Bertz CT molecular complexity index is 512. The highest BCUT2D eigenvalue weighted by molar-refractivity contribution is 9.10. The molecule has 94 valence electrons. The number of anilines is 1. The first kappa shape index (κ1) is 12.8. The molecule has 17 heavy (non-hydrogen) atoms. The molecule has 1 aliphatic rings. The molecule has 0 spiro atoms. The van der Waals surface area contributed by atoms with E-state index in [9.17, 15) is 8.42 Å². The summed E-state index contributed by atoms with van der Waals surface area (Å²) in [5.74, 6) is 0. The molecule has 2 N–H and O–H groups in total. The highest BCUT2D eigenvalue weighted by Gasteiger charge is 2.29. The Morgan fingerprint density at radius 1 is 1.35 bits per heavy atom. The van der Waals surface area contributed by atoms with E-state index in [2.05, 4.69) is 15.9 Å². The number of halogens is 1. The number of nitrogens with zero attached hydrogens (tertiary/aromatic N) is 1. The van der Waals surface area contributed by atoms with Crippen LogP contribution in [0, 0.1) is 0 Å². The average Bonchev–Trinajstić information content (AvgIpc) is 2.33. The molecule has 1 saturated heterocycles. The van der Waals surface area contributed by atoms with Crippen LogP contribution in [0.1, 0.15) is 12.8 Å². The first-order chi connectivity index (χ1) is 8.01. The van der Waals surface area contributed by atoms with Gasteiger partial charge in [0.2, 0.25) is 0 Å². The van der Waals surface area contributed by atoms with Gasteiger partial charge in [-0.2, -0.15) is 0 Å². The van der Waals surface area contributed by atoms with Crippen molar-refractivity contribution in [3.63, 3.8) is 0 Å². The Labute approximate surface area is 109 Å². The van der Waals surface area contributed by atoms with Gasteiger partial charge >= 0.3 is 0 Å². The topological polar surface area (TPSA) is 72.6 Å². The van der Waals surface area contributed by atoms with Crippen molar-refractivity contribution >= 4 is 31.6 Å². The number of sulfonamides is 1. The van der Waals surface area contributed by atoms with Crippen molar-refractivity contribution in [3.8, 4) is 0 Å². The van der Waals surface area contributed by atoms with Gasteiger partial charge in [0, 0.05) is 16.7 Å². The Balaban J connectivity index is 2.40. The second-order valence-electron chi connectivity index (χ2n) is 3.76. The van der Waals surface area contributed by atoms with E-state index in [1.54, 1.807) is 12.1 Å². The number of hydroxylamine groups is 1. The van der Waals surface area contributed by atoms with E-state index in [-0.39, 0.29) is 4.90 Å². The van der Waals surface area contributed by atoms with Gasteiger partial charge < -0.3 is 5.73 Å². The van der Waals surface area contributed by atoms with Crippen LogP contribution in [0.3, 0.4) is 0 Å². The highest BCUT2D eigenvalue weighted by atomic mass is 79.9. The molecule has 7 heteroatoms. The van der Waals surface area contributed by atoms with Crippen molar-refractivity contribution in [1.29, 1.82) is 0 Å². The molecule has 1 aromatic carbocycles. The average molecular weight is 321 g/mol. The van der Waals surface area contributed by atoms with Crippen LogP contribution in [0.15, 0.2) is 27.6 Å². The number of nitrogens with two attached hydrogens (primary N) is 1. The molecule has 0 aromatic heterocycles. The van der Waals surface area contributed by atoms with Crippen LogP contribution < -0.4 is 5.73 Å². The van der Waals surface area contributed by atoms with Crippen LogP contribution in [0.25, 0.3) is 0 Å². The van der Waals surface area contributed by atoms with E-state index in [0.29, 0.717) is 23.3 Å². The summed E-state index contributed by atoms with van der Waals surface area (Å²) in [5, 5.41) is 0. The number of hydrogen-bond acceptors (Lipinski definition) is 4. The van der Waals surface area contributed by atoms with Crippen LogP contribution in [0.5, 0.6) is 0 Å². The lowest BCUT2D eigenvalue weighted by molar-refractivity contribution is -0.108. The number of rotatable bonds is 2. The molecule has 1 fully saturated rings. The standard InChI is InChI=1S/C10H13BrN2O3S/c11-9-4-3-8(12)7-10(9)17(14,15)13-5-1-2-6-16-13/h3-4,7H,1-2,5-6,12H2. The molecule has 0 saturated carbocycles. The largest absolute Gasteiger partial charge is 0.399 e. The maximum atomic E-state index is 12.3. The van der Waals surface area contributed by atoms with Crippen molar-refractivity contribution in [1.82, 2.24) is 4.47 Å². The van der Waals surface area contributed by atoms with Gasteiger partial charge in [0.25, 0.3) is 10.0 Å². The van der Waals surface area contributed by atoms with Crippen LogP contribution in [0.4, 0.5) is 5.69 Å². The van der Waals surface area contributed by atoms with Gasteiger partial charge in [0.1, 0.15) is 4.90 Å². The molecule has 0 unspecified atom stereocenters. The third-order valence-electron chi connectivity index (χ3n) is 2.47. The van der Waals surface area contributed by atoms with E-state index in [0.717, 1.165) is 17.3 Å². The molecule has 1 aromatic rings. The molecule has 0 amide bonds. The maximum Gasteiger partial charge on any atom is 0.266 e. The predicted molar refractivity (Wildman–Crippen MR) is 67.6 cm³/mol. The lowest BCUT2D eigenvalue weighted by atomic mass is 10.3. The van der Waals surface area contributed by atoms with Gasteiger partial charge in [0.15, 0.2) is 0 Å². The molecule has 1 heterocycles. The van der Waals surface area contributed by atoms with E-state index in [1.807, 2.05) is 0 Å². The SMILES string of the molecule is Nc1ccc(Br)c(S(=O)(=O)N2CCCCO2)c1.